The number of hydrogen-bond acceptors (Lipinski definition) is 4. The fourth-order valence-electron chi connectivity index (χ4n) is 2.85. The van der Waals surface area contributed by atoms with E-state index in [1.165, 1.54) is 77.0 Å². The van der Waals surface area contributed by atoms with Crippen LogP contribution < -0.4 is 0 Å². The highest BCUT2D eigenvalue weighted by Gasteiger charge is 2.08. The molecular formula is C20H38O4. The van der Waals surface area contributed by atoms with E-state index in [1.807, 2.05) is 0 Å². The summed E-state index contributed by atoms with van der Waals surface area (Å²) >= 11 is 0. The van der Waals surface area contributed by atoms with Crippen molar-refractivity contribution in [2.75, 3.05) is 6.61 Å². The van der Waals surface area contributed by atoms with Crippen LogP contribution in [0.3, 0.4) is 0 Å². The molecule has 0 unspecified atom stereocenters. The van der Waals surface area contributed by atoms with Crippen molar-refractivity contribution >= 4 is 11.9 Å². The van der Waals surface area contributed by atoms with Crippen LogP contribution in [0.15, 0.2) is 0 Å². The number of carbonyl (C=O) groups is 2. The van der Waals surface area contributed by atoms with Crippen LogP contribution >= 0.6 is 0 Å². The Morgan fingerprint density at radius 2 is 1.00 bits per heavy atom. The lowest BCUT2D eigenvalue weighted by atomic mass is 10.0. The number of ether oxygens (including phenoxy) is 1. The third-order valence-electron chi connectivity index (χ3n) is 4.34. The van der Waals surface area contributed by atoms with Gasteiger partial charge in [-0.05, 0) is 6.42 Å². The van der Waals surface area contributed by atoms with Crippen molar-refractivity contribution in [3.05, 3.63) is 0 Å². The summed E-state index contributed by atoms with van der Waals surface area (Å²) in [5.41, 5.74) is 0. The molecule has 0 atom stereocenters. The molecule has 0 heterocycles. The fourth-order valence-corrected chi connectivity index (χ4v) is 2.85. The highest BCUT2D eigenvalue weighted by atomic mass is 16.6. The van der Waals surface area contributed by atoms with Gasteiger partial charge in [0.1, 0.15) is 6.61 Å². The number of rotatable bonds is 17. The Bertz CT molecular complexity index is 302. The number of unbranched alkanes of at least 4 members (excludes halogenated alkanes) is 14. The number of carbonyl (C=O) groups excluding carboxylic acids is 2. The Kier molecular flexibility index (Phi) is 17.7. The van der Waals surface area contributed by atoms with Crippen LogP contribution in [0.4, 0.5) is 0 Å². The maximum atomic E-state index is 11.2. The van der Waals surface area contributed by atoms with E-state index in [1.54, 1.807) is 0 Å². The van der Waals surface area contributed by atoms with Crippen LogP contribution in [0, 0.1) is 0 Å². The Morgan fingerprint density at radius 3 is 1.38 bits per heavy atom. The lowest BCUT2D eigenvalue weighted by molar-refractivity contribution is -0.161. The Morgan fingerprint density at radius 1 is 0.625 bits per heavy atom. The van der Waals surface area contributed by atoms with Gasteiger partial charge in [0.05, 0.1) is 0 Å². The van der Waals surface area contributed by atoms with Crippen LogP contribution in [-0.4, -0.2) is 23.7 Å². The first-order valence-electron chi connectivity index (χ1n) is 10.0. The molecule has 142 valence electrons. The molecule has 4 nitrogen and oxygen atoms in total. The van der Waals surface area contributed by atoms with Gasteiger partial charge in [0.15, 0.2) is 0 Å². The topological polar surface area (TPSA) is 63.6 Å². The number of aliphatic hydroxyl groups is 1. The van der Waals surface area contributed by atoms with Gasteiger partial charge in [-0.15, -0.1) is 0 Å². The summed E-state index contributed by atoms with van der Waals surface area (Å²) in [6.45, 7) is 1.53. The summed E-state index contributed by atoms with van der Waals surface area (Å²) in [6.07, 6.45) is 19.5. The molecule has 0 aromatic carbocycles. The predicted octanol–water partition coefficient (Wildman–Crippen LogP) is 5.31. The average molecular weight is 343 g/mol. The molecule has 0 radical (unpaired) electrons. The second kappa shape index (κ2) is 18.4. The van der Waals surface area contributed by atoms with Crippen molar-refractivity contribution in [2.45, 2.75) is 110 Å². The largest absolute Gasteiger partial charge is 0.391 e. The monoisotopic (exact) mass is 342 g/mol. The molecule has 0 saturated carbocycles. The second-order valence-electron chi connectivity index (χ2n) is 6.70. The normalized spacial score (nSPS) is 10.8. The van der Waals surface area contributed by atoms with Gasteiger partial charge >= 0.3 is 11.9 Å². The first-order chi connectivity index (χ1) is 11.7. The molecule has 0 aliphatic carbocycles. The van der Waals surface area contributed by atoms with Gasteiger partial charge in [-0.3, -0.25) is 4.79 Å². The van der Waals surface area contributed by atoms with Crippen molar-refractivity contribution in [1.82, 2.24) is 0 Å². The Hall–Kier alpha value is -0.900. The summed E-state index contributed by atoms with van der Waals surface area (Å²) in [7, 11) is 0. The molecule has 0 rings (SSSR count). The van der Waals surface area contributed by atoms with Crippen LogP contribution in [-0.2, 0) is 14.3 Å². The quantitative estimate of drug-likeness (QED) is 0.221. The van der Waals surface area contributed by atoms with Crippen molar-refractivity contribution in [3.8, 4) is 0 Å². The van der Waals surface area contributed by atoms with Crippen molar-refractivity contribution in [3.63, 3.8) is 0 Å². The van der Waals surface area contributed by atoms with Crippen molar-refractivity contribution < 1.29 is 19.4 Å². The van der Waals surface area contributed by atoms with Gasteiger partial charge in [-0.2, -0.15) is 0 Å². The molecule has 0 fully saturated rings. The van der Waals surface area contributed by atoms with Gasteiger partial charge in [0, 0.05) is 6.42 Å². The zero-order chi connectivity index (χ0) is 17.9. The highest BCUT2D eigenvalue weighted by molar-refractivity contribution is 5.85. The van der Waals surface area contributed by atoms with Gasteiger partial charge in [0.25, 0.3) is 0 Å². The van der Waals surface area contributed by atoms with Crippen molar-refractivity contribution in [1.29, 1.82) is 0 Å². The summed E-state index contributed by atoms with van der Waals surface area (Å²) in [4.78, 5) is 21.9. The van der Waals surface area contributed by atoms with E-state index in [2.05, 4.69) is 11.7 Å². The molecule has 0 aromatic heterocycles. The fraction of sp³-hybridized carbons (Fsp3) is 0.900. The molecular weight excluding hydrogens is 304 g/mol. The summed E-state index contributed by atoms with van der Waals surface area (Å²) < 4.78 is 4.39. The minimum absolute atomic E-state index is 0.268. The first-order valence-corrected chi connectivity index (χ1v) is 10.0. The lowest BCUT2D eigenvalue weighted by Crippen LogP contribution is -2.14. The van der Waals surface area contributed by atoms with Crippen LogP contribution in [0.2, 0.25) is 0 Å². The molecule has 0 aromatic rings. The zero-order valence-corrected chi connectivity index (χ0v) is 15.7. The number of aliphatic hydroxyl groups excluding tert-OH is 1. The smallest absolute Gasteiger partial charge is 0.339 e. The predicted molar refractivity (Wildman–Crippen MR) is 97.7 cm³/mol. The van der Waals surface area contributed by atoms with Gasteiger partial charge in [0.2, 0.25) is 0 Å². The SMILES string of the molecule is CCCCCCCCCCCCCCCCCC(=O)OC(=O)CO. The second-order valence-corrected chi connectivity index (χ2v) is 6.70. The zero-order valence-electron chi connectivity index (χ0n) is 15.7. The van der Waals surface area contributed by atoms with Gasteiger partial charge < -0.3 is 9.84 Å². The Labute approximate surface area is 148 Å². The highest BCUT2D eigenvalue weighted by Crippen LogP contribution is 2.13. The van der Waals surface area contributed by atoms with Crippen molar-refractivity contribution in [2.24, 2.45) is 0 Å². The standard InChI is InChI=1S/C20H38O4/c1-2-3-4-5-6-7-8-9-10-11-12-13-14-15-16-17-19(22)24-20(23)18-21/h21H,2-18H2,1H3. The maximum Gasteiger partial charge on any atom is 0.339 e. The molecule has 24 heavy (non-hydrogen) atoms. The first kappa shape index (κ1) is 23.1. The molecule has 4 heteroatoms. The van der Waals surface area contributed by atoms with Gasteiger partial charge in [-0.1, -0.05) is 96.8 Å². The van der Waals surface area contributed by atoms with Crippen LogP contribution in [0.25, 0.3) is 0 Å². The lowest BCUT2D eigenvalue weighted by Gasteiger charge is -2.03. The van der Waals surface area contributed by atoms with Gasteiger partial charge in [-0.25, -0.2) is 4.79 Å². The molecule has 0 aliphatic rings. The number of esters is 2. The summed E-state index contributed by atoms with van der Waals surface area (Å²) in [6, 6.07) is 0. The number of hydrogen-bond donors (Lipinski definition) is 1. The van der Waals surface area contributed by atoms with E-state index in [9.17, 15) is 9.59 Å². The minimum atomic E-state index is -0.860. The molecule has 0 saturated heterocycles. The molecule has 0 bridgehead atoms. The summed E-state index contributed by atoms with van der Waals surface area (Å²) in [5, 5.41) is 8.46. The molecule has 0 amide bonds. The average Bonchev–Trinajstić information content (AvgIpc) is 2.58. The molecule has 0 aliphatic heterocycles. The van der Waals surface area contributed by atoms with Crippen LogP contribution in [0.1, 0.15) is 110 Å². The van der Waals surface area contributed by atoms with Crippen LogP contribution in [0.5, 0.6) is 0 Å². The van der Waals surface area contributed by atoms with E-state index in [4.69, 9.17) is 5.11 Å². The van der Waals surface area contributed by atoms with E-state index < -0.39 is 18.5 Å². The molecule has 1 N–H and O–H groups in total. The van der Waals surface area contributed by atoms with E-state index in [0.29, 0.717) is 0 Å². The summed E-state index contributed by atoms with van der Waals surface area (Å²) in [5.74, 6) is -1.38. The van der Waals surface area contributed by atoms with E-state index >= 15 is 0 Å². The molecule has 0 spiro atoms. The van der Waals surface area contributed by atoms with E-state index in [0.717, 1.165) is 19.3 Å². The maximum absolute atomic E-state index is 11.2. The Balaban J connectivity index is 3.12. The van der Waals surface area contributed by atoms with E-state index in [-0.39, 0.29) is 6.42 Å². The third kappa shape index (κ3) is 17.5. The third-order valence-corrected chi connectivity index (χ3v) is 4.34. The minimum Gasteiger partial charge on any atom is -0.391 e.